The minimum absolute atomic E-state index is 0.0103. The molecule has 0 saturated carbocycles. The molecule has 2 aliphatic heterocycles. The van der Waals surface area contributed by atoms with E-state index in [4.69, 9.17) is 16.3 Å². The standard InChI is InChI=1S/C28H30ClN3O3/c29-25-8-3-7-23(18-25)28(34)32-15-16-35-26(20-32)19-30-11-4-12-31(14-13-30)27(33)24-10-9-21-5-1-2-6-22(21)17-24/h1-3,5-10,17-18,26H,4,11-16,19-20H2. The summed E-state index contributed by atoms with van der Waals surface area (Å²) in [6, 6.07) is 21.1. The number of halogens is 1. The Labute approximate surface area is 211 Å². The summed E-state index contributed by atoms with van der Waals surface area (Å²) in [6.45, 7) is 5.54. The highest BCUT2D eigenvalue weighted by Crippen LogP contribution is 2.19. The lowest BCUT2D eigenvalue weighted by Gasteiger charge is -2.35. The number of carbonyl (C=O) groups excluding carboxylic acids is 2. The topological polar surface area (TPSA) is 53.1 Å². The molecule has 2 fully saturated rings. The molecule has 0 radical (unpaired) electrons. The third kappa shape index (κ3) is 5.67. The minimum Gasteiger partial charge on any atom is -0.373 e. The number of morpholine rings is 1. The molecule has 0 N–H and O–H groups in total. The molecule has 2 heterocycles. The second kappa shape index (κ2) is 10.8. The molecular formula is C28H30ClN3O3. The van der Waals surface area contributed by atoms with Crippen LogP contribution in [0.3, 0.4) is 0 Å². The van der Waals surface area contributed by atoms with Crippen molar-refractivity contribution in [2.45, 2.75) is 12.5 Å². The van der Waals surface area contributed by atoms with Crippen LogP contribution in [0.4, 0.5) is 0 Å². The molecule has 2 amide bonds. The molecule has 0 aromatic heterocycles. The van der Waals surface area contributed by atoms with Gasteiger partial charge in [-0.25, -0.2) is 0 Å². The van der Waals surface area contributed by atoms with Gasteiger partial charge in [-0.15, -0.1) is 0 Å². The van der Waals surface area contributed by atoms with Gasteiger partial charge < -0.3 is 14.5 Å². The predicted molar refractivity (Wildman–Crippen MR) is 138 cm³/mol. The van der Waals surface area contributed by atoms with Crippen LogP contribution >= 0.6 is 11.6 Å². The number of amides is 2. The fourth-order valence-corrected chi connectivity index (χ4v) is 5.16. The number of hydrogen-bond donors (Lipinski definition) is 0. The van der Waals surface area contributed by atoms with Gasteiger partial charge in [0, 0.05) is 55.4 Å². The van der Waals surface area contributed by atoms with E-state index in [1.54, 1.807) is 24.3 Å². The largest absolute Gasteiger partial charge is 0.373 e. The molecule has 6 nitrogen and oxygen atoms in total. The highest BCUT2D eigenvalue weighted by atomic mass is 35.5. The maximum Gasteiger partial charge on any atom is 0.254 e. The number of fused-ring (bicyclic) bond motifs is 1. The third-order valence-electron chi connectivity index (χ3n) is 6.83. The summed E-state index contributed by atoms with van der Waals surface area (Å²) in [6.07, 6.45) is 0.867. The van der Waals surface area contributed by atoms with Gasteiger partial charge in [-0.2, -0.15) is 0 Å². The first-order valence-corrected chi connectivity index (χ1v) is 12.6. The smallest absolute Gasteiger partial charge is 0.254 e. The number of benzene rings is 3. The highest BCUT2D eigenvalue weighted by molar-refractivity contribution is 6.30. The van der Waals surface area contributed by atoms with E-state index >= 15 is 0 Å². The molecule has 5 rings (SSSR count). The van der Waals surface area contributed by atoms with Crippen LogP contribution < -0.4 is 0 Å². The van der Waals surface area contributed by atoms with Crippen molar-refractivity contribution in [3.63, 3.8) is 0 Å². The van der Waals surface area contributed by atoms with Gasteiger partial charge in [0.2, 0.25) is 0 Å². The number of rotatable bonds is 4. The lowest BCUT2D eigenvalue weighted by Crippen LogP contribution is -2.50. The maximum absolute atomic E-state index is 13.2. The van der Waals surface area contributed by atoms with Gasteiger partial charge in [-0.3, -0.25) is 14.5 Å². The zero-order chi connectivity index (χ0) is 24.2. The lowest BCUT2D eigenvalue weighted by atomic mass is 10.1. The predicted octanol–water partition coefficient (Wildman–Crippen LogP) is 4.18. The number of hydrogen-bond acceptors (Lipinski definition) is 4. The normalized spacial score (nSPS) is 19.5. The molecule has 0 aliphatic carbocycles. The van der Waals surface area contributed by atoms with Crippen LogP contribution in [0.25, 0.3) is 10.8 Å². The SMILES string of the molecule is O=C(c1ccc2ccccc2c1)N1CCCN(CC2CN(C(=O)c3cccc(Cl)c3)CCO2)CC1. The summed E-state index contributed by atoms with van der Waals surface area (Å²) in [4.78, 5) is 32.3. The van der Waals surface area contributed by atoms with Crippen LogP contribution in [0.1, 0.15) is 27.1 Å². The molecule has 7 heteroatoms. The van der Waals surface area contributed by atoms with Crippen molar-refractivity contribution >= 4 is 34.2 Å². The summed E-state index contributed by atoms with van der Waals surface area (Å²) in [7, 11) is 0. The molecular weight excluding hydrogens is 462 g/mol. The Hall–Kier alpha value is -2.93. The van der Waals surface area contributed by atoms with E-state index in [2.05, 4.69) is 11.0 Å². The summed E-state index contributed by atoms with van der Waals surface area (Å²) < 4.78 is 6.00. The van der Waals surface area contributed by atoms with E-state index in [1.165, 1.54) is 0 Å². The van der Waals surface area contributed by atoms with E-state index < -0.39 is 0 Å². The van der Waals surface area contributed by atoms with Crippen molar-refractivity contribution in [3.8, 4) is 0 Å². The quantitative estimate of drug-likeness (QED) is 0.549. The Balaban J connectivity index is 1.17. The van der Waals surface area contributed by atoms with Crippen LogP contribution in [-0.2, 0) is 4.74 Å². The molecule has 3 aromatic rings. The van der Waals surface area contributed by atoms with Gasteiger partial charge >= 0.3 is 0 Å². The summed E-state index contributed by atoms with van der Waals surface area (Å²) in [5.41, 5.74) is 1.35. The fraction of sp³-hybridized carbons (Fsp3) is 0.357. The lowest BCUT2D eigenvalue weighted by molar-refractivity contribution is -0.0353. The monoisotopic (exact) mass is 491 g/mol. The molecule has 1 atom stereocenters. The van der Waals surface area contributed by atoms with Crippen LogP contribution in [0, 0.1) is 0 Å². The first kappa shape index (κ1) is 23.8. The van der Waals surface area contributed by atoms with E-state index in [1.807, 2.05) is 46.2 Å². The van der Waals surface area contributed by atoms with Crippen LogP contribution in [0.15, 0.2) is 66.7 Å². The van der Waals surface area contributed by atoms with Crippen LogP contribution in [-0.4, -0.2) is 85.0 Å². The van der Waals surface area contributed by atoms with Crippen molar-refractivity contribution < 1.29 is 14.3 Å². The van der Waals surface area contributed by atoms with Crippen LogP contribution in [0.5, 0.6) is 0 Å². The molecule has 2 saturated heterocycles. The second-order valence-corrected chi connectivity index (χ2v) is 9.70. The van der Waals surface area contributed by atoms with Crippen molar-refractivity contribution in [2.75, 3.05) is 52.4 Å². The van der Waals surface area contributed by atoms with Crippen molar-refractivity contribution in [1.29, 1.82) is 0 Å². The van der Waals surface area contributed by atoms with E-state index in [0.29, 0.717) is 36.8 Å². The van der Waals surface area contributed by atoms with Gasteiger partial charge in [0.15, 0.2) is 0 Å². The number of carbonyl (C=O) groups is 2. The maximum atomic E-state index is 13.2. The zero-order valence-corrected chi connectivity index (χ0v) is 20.5. The first-order valence-electron chi connectivity index (χ1n) is 12.2. The molecule has 3 aromatic carbocycles. The third-order valence-corrected chi connectivity index (χ3v) is 7.07. The summed E-state index contributed by atoms with van der Waals surface area (Å²) in [5, 5.41) is 2.79. The van der Waals surface area contributed by atoms with E-state index in [-0.39, 0.29) is 17.9 Å². The first-order chi connectivity index (χ1) is 17.1. The van der Waals surface area contributed by atoms with Gasteiger partial charge in [-0.1, -0.05) is 48.0 Å². The van der Waals surface area contributed by atoms with Gasteiger partial charge in [0.25, 0.3) is 11.8 Å². The van der Waals surface area contributed by atoms with E-state index in [9.17, 15) is 9.59 Å². The molecule has 35 heavy (non-hydrogen) atoms. The molecule has 0 spiro atoms. The Morgan fingerprint density at radius 1 is 0.800 bits per heavy atom. The average Bonchev–Trinajstić information content (AvgIpc) is 3.13. The van der Waals surface area contributed by atoms with Crippen LogP contribution in [0.2, 0.25) is 5.02 Å². The Morgan fingerprint density at radius 2 is 1.60 bits per heavy atom. The molecule has 0 bridgehead atoms. The van der Waals surface area contributed by atoms with Gasteiger partial charge in [0.1, 0.15) is 0 Å². The summed E-state index contributed by atoms with van der Waals surface area (Å²) in [5.74, 6) is 0.0774. The van der Waals surface area contributed by atoms with Crippen molar-refractivity contribution in [1.82, 2.24) is 14.7 Å². The fourth-order valence-electron chi connectivity index (χ4n) is 4.97. The molecule has 2 aliphatic rings. The molecule has 1 unspecified atom stereocenters. The Morgan fingerprint density at radius 3 is 2.46 bits per heavy atom. The van der Waals surface area contributed by atoms with Crippen molar-refractivity contribution in [3.05, 3.63) is 82.9 Å². The summed E-state index contributed by atoms with van der Waals surface area (Å²) >= 11 is 6.07. The highest BCUT2D eigenvalue weighted by Gasteiger charge is 2.28. The number of nitrogens with zero attached hydrogens (tertiary/aromatic N) is 3. The minimum atomic E-state index is -0.0466. The van der Waals surface area contributed by atoms with Gasteiger partial charge in [0.05, 0.1) is 12.7 Å². The molecule has 182 valence electrons. The average molecular weight is 492 g/mol. The zero-order valence-electron chi connectivity index (χ0n) is 19.7. The second-order valence-electron chi connectivity index (χ2n) is 9.26. The van der Waals surface area contributed by atoms with Gasteiger partial charge in [-0.05, 0) is 54.1 Å². The van der Waals surface area contributed by atoms with Crippen molar-refractivity contribution in [2.24, 2.45) is 0 Å². The number of ether oxygens (including phenoxy) is 1. The Kier molecular flexibility index (Phi) is 7.32. The van der Waals surface area contributed by atoms with E-state index in [0.717, 1.165) is 48.9 Å². The Bertz CT molecular complexity index is 1220.